The molecule has 10 aromatic rings. The third-order valence-corrected chi connectivity index (χ3v) is 10.7. The lowest BCUT2D eigenvalue weighted by atomic mass is 9.91. The summed E-state index contributed by atoms with van der Waals surface area (Å²) in [6, 6.07) is 62.9. The highest BCUT2D eigenvalue weighted by Gasteiger charge is 2.23. The molecule has 1 aliphatic rings. The maximum Gasteiger partial charge on any atom is 0.164 e. The van der Waals surface area contributed by atoms with Gasteiger partial charge in [0.25, 0.3) is 0 Å². The maximum atomic E-state index is 5.28. The number of aromatic nitrogens is 3. The zero-order valence-electron chi connectivity index (χ0n) is 28.1. The van der Waals surface area contributed by atoms with Gasteiger partial charge in [-0.1, -0.05) is 164 Å². The molecule has 0 unspecified atom stereocenters. The summed E-state index contributed by atoms with van der Waals surface area (Å²) in [6.07, 6.45) is 0. The van der Waals surface area contributed by atoms with Gasteiger partial charge >= 0.3 is 0 Å². The quantitative estimate of drug-likeness (QED) is 0.177. The smallest absolute Gasteiger partial charge is 0.164 e. The summed E-state index contributed by atoms with van der Waals surface area (Å²) in [5.41, 5.74) is 10.3. The molecule has 240 valence electrons. The summed E-state index contributed by atoms with van der Waals surface area (Å²) in [5, 5.41) is 9.65. The molecule has 0 amide bonds. The minimum Gasteiger partial charge on any atom is -0.208 e. The Labute approximate surface area is 300 Å². The highest BCUT2D eigenvalue weighted by molar-refractivity contribution is 6.18. The number of fused-ring (bicyclic) bond motifs is 10. The first-order chi connectivity index (χ1) is 25.8. The lowest BCUT2D eigenvalue weighted by Crippen LogP contribution is -2.01. The van der Waals surface area contributed by atoms with E-state index in [-0.39, 0.29) is 0 Å². The fourth-order valence-electron chi connectivity index (χ4n) is 8.26. The lowest BCUT2D eigenvalue weighted by molar-refractivity contribution is 1.08. The van der Waals surface area contributed by atoms with E-state index in [1.807, 2.05) is 18.2 Å². The average molecular weight is 660 g/mol. The van der Waals surface area contributed by atoms with Crippen molar-refractivity contribution in [3.63, 3.8) is 0 Å². The van der Waals surface area contributed by atoms with Crippen LogP contribution in [0.3, 0.4) is 0 Å². The molecule has 0 fully saturated rings. The maximum absolute atomic E-state index is 5.28. The van der Waals surface area contributed by atoms with Crippen molar-refractivity contribution in [1.82, 2.24) is 15.0 Å². The minimum absolute atomic E-state index is 0.650. The Morgan fingerprint density at radius 1 is 0.250 bits per heavy atom. The van der Waals surface area contributed by atoms with Gasteiger partial charge in [0.05, 0.1) is 0 Å². The van der Waals surface area contributed by atoms with Crippen molar-refractivity contribution >= 4 is 43.1 Å². The van der Waals surface area contributed by atoms with E-state index in [2.05, 4.69) is 158 Å². The van der Waals surface area contributed by atoms with E-state index in [1.165, 1.54) is 71.1 Å². The molecule has 3 nitrogen and oxygen atoms in total. The summed E-state index contributed by atoms with van der Waals surface area (Å²) in [6.45, 7) is 0. The molecule has 52 heavy (non-hydrogen) atoms. The molecule has 1 aliphatic carbocycles. The molecular weight excluding hydrogens is 631 g/mol. The molecule has 0 saturated carbocycles. The number of rotatable bonds is 3. The first kappa shape index (κ1) is 28.8. The van der Waals surface area contributed by atoms with Crippen molar-refractivity contribution in [1.29, 1.82) is 0 Å². The second-order valence-electron chi connectivity index (χ2n) is 13.5. The van der Waals surface area contributed by atoms with Gasteiger partial charge in [0, 0.05) is 16.7 Å². The van der Waals surface area contributed by atoms with Gasteiger partial charge in [-0.2, -0.15) is 0 Å². The van der Waals surface area contributed by atoms with Crippen LogP contribution >= 0.6 is 0 Å². The van der Waals surface area contributed by atoms with Gasteiger partial charge < -0.3 is 0 Å². The van der Waals surface area contributed by atoms with E-state index < -0.39 is 0 Å². The van der Waals surface area contributed by atoms with Crippen molar-refractivity contribution in [2.75, 3.05) is 0 Å². The second-order valence-corrected chi connectivity index (χ2v) is 13.5. The van der Waals surface area contributed by atoms with Crippen LogP contribution in [0.2, 0.25) is 0 Å². The van der Waals surface area contributed by atoms with Gasteiger partial charge in [0.1, 0.15) is 0 Å². The third-order valence-electron chi connectivity index (χ3n) is 10.7. The monoisotopic (exact) mass is 659 g/mol. The van der Waals surface area contributed by atoms with Crippen LogP contribution in [0, 0.1) is 0 Å². The number of hydrogen-bond donors (Lipinski definition) is 0. The van der Waals surface area contributed by atoms with Crippen molar-refractivity contribution in [2.24, 2.45) is 0 Å². The summed E-state index contributed by atoms with van der Waals surface area (Å²) in [7, 11) is 0. The fraction of sp³-hybridized carbons (Fsp3) is 0. The van der Waals surface area contributed by atoms with Gasteiger partial charge in [-0.3, -0.25) is 0 Å². The van der Waals surface area contributed by atoms with Crippen LogP contribution in [0.5, 0.6) is 0 Å². The zero-order chi connectivity index (χ0) is 34.2. The van der Waals surface area contributed by atoms with Crippen molar-refractivity contribution < 1.29 is 0 Å². The summed E-state index contributed by atoms with van der Waals surface area (Å²) >= 11 is 0. The Morgan fingerprint density at radius 2 is 0.750 bits per heavy atom. The number of nitrogens with zero attached hydrogens (tertiary/aromatic N) is 3. The first-order valence-electron chi connectivity index (χ1n) is 17.7. The van der Waals surface area contributed by atoms with E-state index in [9.17, 15) is 0 Å². The summed E-state index contributed by atoms with van der Waals surface area (Å²) in [4.78, 5) is 15.6. The highest BCUT2D eigenvalue weighted by atomic mass is 15.0. The Hall–Kier alpha value is -6.97. The normalized spacial score (nSPS) is 11.8. The molecule has 0 aliphatic heterocycles. The molecule has 0 radical (unpaired) electrons. The van der Waals surface area contributed by atoms with E-state index in [0.717, 1.165) is 22.1 Å². The van der Waals surface area contributed by atoms with Crippen molar-refractivity contribution in [3.8, 4) is 67.5 Å². The molecule has 1 aromatic heterocycles. The SMILES string of the molecule is c1ccc(-c2nc(-c3ccc4ccc5c6ccccc6ccc5c4c3)nc(-c3ccc4c5c(cccc35)-c3ccccc3-c3ccccc3-4)n2)cc1. The molecular formula is C49H29N3. The van der Waals surface area contributed by atoms with Gasteiger partial charge in [-0.05, 0) is 88.6 Å². The molecule has 0 N–H and O–H groups in total. The minimum atomic E-state index is 0.650. The van der Waals surface area contributed by atoms with E-state index in [1.54, 1.807) is 0 Å². The molecule has 11 rings (SSSR count). The molecule has 0 atom stereocenters. The molecule has 3 heteroatoms. The van der Waals surface area contributed by atoms with Crippen molar-refractivity contribution in [2.45, 2.75) is 0 Å². The number of hydrogen-bond acceptors (Lipinski definition) is 3. The van der Waals surface area contributed by atoms with Crippen LogP contribution in [0.25, 0.3) is 111 Å². The predicted molar refractivity (Wildman–Crippen MR) is 216 cm³/mol. The Morgan fingerprint density at radius 3 is 1.50 bits per heavy atom. The largest absolute Gasteiger partial charge is 0.208 e. The summed E-state index contributed by atoms with van der Waals surface area (Å²) < 4.78 is 0. The van der Waals surface area contributed by atoms with Crippen LogP contribution in [0.15, 0.2) is 176 Å². The fourth-order valence-corrected chi connectivity index (χ4v) is 8.26. The van der Waals surface area contributed by atoms with Gasteiger partial charge in [0.15, 0.2) is 17.5 Å². The van der Waals surface area contributed by atoms with Crippen LogP contribution in [0.1, 0.15) is 0 Å². The second kappa shape index (κ2) is 11.3. The highest BCUT2D eigenvalue weighted by Crippen LogP contribution is 2.49. The summed E-state index contributed by atoms with van der Waals surface area (Å²) in [5.74, 6) is 1.96. The van der Waals surface area contributed by atoms with Crippen molar-refractivity contribution in [3.05, 3.63) is 176 Å². The number of benzene rings is 9. The Bertz CT molecular complexity index is 3020. The van der Waals surface area contributed by atoms with E-state index in [4.69, 9.17) is 15.0 Å². The van der Waals surface area contributed by atoms with E-state index >= 15 is 0 Å². The lowest BCUT2D eigenvalue weighted by Gasteiger charge is -2.15. The van der Waals surface area contributed by atoms with Crippen LogP contribution in [-0.4, -0.2) is 15.0 Å². The molecule has 9 aromatic carbocycles. The van der Waals surface area contributed by atoms with Crippen LogP contribution in [0.4, 0.5) is 0 Å². The van der Waals surface area contributed by atoms with E-state index in [0.29, 0.717) is 17.5 Å². The average Bonchev–Trinajstić information content (AvgIpc) is 3.34. The third kappa shape index (κ3) is 4.36. The molecule has 0 saturated heterocycles. The molecule has 0 spiro atoms. The van der Waals surface area contributed by atoms with Gasteiger partial charge in [-0.25, -0.2) is 15.0 Å². The predicted octanol–water partition coefficient (Wildman–Crippen LogP) is 12.8. The van der Waals surface area contributed by atoms with Gasteiger partial charge in [0.2, 0.25) is 0 Å². The Balaban J connectivity index is 1.17. The standard InChI is InChI=1S/C49H29N3/c1-2-12-32(13-3-1)47-50-48(33-22-21-31-24-25-39-34-14-5-4-11-30(34)23-26-40(39)45(31)29-33)52-49(51-47)44-28-27-43-38-18-9-7-16-36(38)35-15-6-8-17-37(35)41-19-10-20-42(44)46(41)43/h1-29H. The molecule has 0 bridgehead atoms. The zero-order valence-corrected chi connectivity index (χ0v) is 28.1. The topological polar surface area (TPSA) is 38.7 Å². The Kier molecular flexibility index (Phi) is 6.25. The first-order valence-corrected chi connectivity index (χ1v) is 17.7. The van der Waals surface area contributed by atoms with Crippen LogP contribution in [-0.2, 0) is 0 Å². The van der Waals surface area contributed by atoms with Crippen LogP contribution < -0.4 is 0 Å². The van der Waals surface area contributed by atoms with Gasteiger partial charge in [-0.15, -0.1) is 0 Å². The molecule has 1 heterocycles.